The van der Waals surface area contributed by atoms with Crippen molar-refractivity contribution in [3.63, 3.8) is 0 Å². The molecule has 10 heteroatoms. The topological polar surface area (TPSA) is 105 Å². The number of alkyl halides is 1. The van der Waals surface area contributed by atoms with Crippen molar-refractivity contribution in [1.82, 2.24) is 20.2 Å². The Morgan fingerprint density at radius 1 is 1.35 bits per heavy atom. The third-order valence-electron chi connectivity index (χ3n) is 2.50. The van der Waals surface area contributed by atoms with Gasteiger partial charge in [-0.1, -0.05) is 0 Å². The van der Waals surface area contributed by atoms with Gasteiger partial charge in [-0.05, 0) is 34.2 Å². The molecule has 0 N–H and O–H groups in total. The third-order valence-corrected chi connectivity index (χ3v) is 2.86. The third kappa shape index (κ3) is 2.48. The zero-order valence-electron chi connectivity index (χ0n) is 10.6. The van der Waals surface area contributed by atoms with E-state index in [4.69, 9.17) is 21.1 Å². The molecule has 9 nitrogen and oxygen atoms in total. The largest absolute Gasteiger partial charge is 0.493 e. The second-order valence-corrected chi connectivity index (χ2v) is 4.02. The fourth-order valence-corrected chi connectivity index (χ4v) is 1.71. The van der Waals surface area contributed by atoms with Gasteiger partial charge in [0.15, 0.2) is 11.5 Å². The van der Waals surface area contributed by atoms with Crippen LogP contribution in [0.2, 0.25) is 0 Å². The quantitative estimate of drug-likeness (QED) is 0.353. The molecule has 1 aromatic heterocycles. The van der Waals surface area contributed by atoms with Gasteiger partial charge in [-0.15, -0.1) is 5.10 Å². The van der Waals surface area contributed by atoms with Gasteiger partial charge >= 0.3 is 5.50 Å². The monoisotopic (exact) mass is 299 g/mol. The second kappa shape index (κ2) is 5.70. The number of nitro groups is 1. The maximum absolute atomic E-state index is 10.7. The molecule has 0 amide bonds. The van der Waals surface area contributed by atoms with Crippen LogP contribution in [0.3, 0.4) is 0 Å². The van der Waals surface area contributed by atoms with Gasteiger partial charge in [0.05, 0.1) is 19.9 Å². The van der Waals surface area contributed by atoms with E-state index in [-0.39, 0.29) is 5.82 Å². The number of nitrogens with zero attached hydrogens (tertiary/aromatic N) is 5. The first-order valence-electron chi connectivity index (χ1n) is 5.36. The van der Waals surface area contributed by atoms with Crippen molar-refractivity contribution in [2.45, 2.75) is 5.50 Å². The molecule has 1 atom stereocenters. The maximum Gasteiger partial charge on any atom is 0.347 e. The summed E-state index contributed by atoms with van der Waals surface area (Å²) in [5, 5.41) is 21.4. The summed E-state index contributed by atoms with van der Waals surface area (Å²) in [6.45, 7) is 0. The SMILES string of the molecule is COc1ccc(-n2nnnc2C(Cl)[N+](=O)[O-])cc1OC. The average Bonchev–Trinajstić information content (AvgIpc) is 2.94. The lowest BCUT2D eigenvalue weighted by Gasteiger charge is -2.10. The smallest absolute Gasteiger partial charge is 0.347 e. The summed E-state index contributed by atoms with van der Waals surface area (Å²) >= 11 is 5.65. The molecule has 1 heterocycles. The Morgan fingerprint density at radius 3 is 2.65 bits per heavy atom. The van der Waals surface area contributed by atoms with Crippen molar-refractivity contribution in [2.75, 3.05) is 14.2 Å². The summed E-state index contributed by atoms with van der Waals surface area (Å²) in [6, 6.07) is 4.85. The predicted molar refractivity (Wildman–Crippen MR) is 67.8 cm³/mol. The van der Waals surface area contributed by atoms with Crippen LogP contribution in [-0.4, -0.2) is 39.4 Å². The van der Waals surface area contributed by atoms with E-state index < -0.39 is 10.4 Å². The highest BCUT2D eigenvalue weighted by molar-refractivity contribution is 6.19. The van der Waals surface area contributed by atoms with Crippen molar-refractivity contribution in [2.24, 2.45) is 0 Å². The molecule has 0 bridgehead atoms. The Balaban J connectivity index is 2.47. The minimum absolute atomic E-state index is 0.0936. The minimum Gasteiger partial charge on any atom is -0.493 e. The van der Waals surface area contributed by atoms with E-state index >= 15 is 0 Å². The lowest BCUT2D eigenvalue weighted by Crippen LogP contribution is -2.11. The second-order valence-electron chi connectivity index (χ2n) is 3.61. The molecule has 1 aromatic carbocycles. The summed E-state index contributed by atoms with van der Waals surface area (Å²) in [7, 11) is 2.98. The van der Waals surface area contributed by atoms with Gasteiger partial charge in [0.1, 0.15) is 0 Å². The van der Waals surface area contributed by atoms with Crippen LogP contribution in [0.5, 0.6) is 11.5 Å². The Morgan fingerprint density at radius 2 is 2.05 bits per heavy atom. The van der Waals surface area contributed by atoms with Gasteiger partial charge in [-0.2, -0.15) is 4.68 Å². The molecule has 0 aliphatic heterocycles. The molecule has 0 saturated heterocycles. The number of hydrogen-bond acceptors (Lipinski definition) is 7. The Bertz CT molecular complexity index is 632. The highest BCUT2D eigenvalue weighted by Crippen LogP contribution is 2.30. The molecule has 106 valence electrons. The number of ether oxygens (including phenoxy) is 2. The van der Waals surface area contributed by atoms with E-state index in [1.54, 1.807) is 18.2 Å². The summed E-state index contributed by atoms with van der Waals surface area (Å²) in [5.41, 5.74) is -1.08. The number of hydrogen-bond donors (Lipinski definition) is 0. The minimum atomic E-state index is -1.54. The van der Waals surface area contributed by atoms with Crippen LogP contribution in [0.15, 0.2) is 18.2 Å². The Labute approximate surface area is 118 Å². The van der Waals surface area contributed by atoms with Crippen molar-refractivity contribution in [3.05, 3.63) is 34.1 Å². The zero-order chi connectivity index (χ0) is 14.7. The lowest BCUT2D eigenvalue weighted by molar-refractivity contribution is -0.505. The Kier molecular flexibility index (Phi) is 3.99. The molecular formula is C10H10ClN5O4. The van der Waals surface area contributed by atoms with Crippen molar-refractivity contribution in [3.8, 4) is 17.2 Å². The van der Waals surface area contributed by atoms with E-state index in [9.17, 15) is 10.1 Å². The first-order valence-corrected chi connectivity index (χ1v) is 5.80. The molecule has 0 radical (unpaired) electrons. The molecule has 2 rings (SSSR count). The summed E-state index contributed by atoms with van der Waals surface area (Å²) in [4.78, 5) is 10.0. The number of methoxy groups -OCH3 is 2. The molecule has 0 aliphatic rings. The Hall–Kier alpha value is -2.42. The molecule has 2 aromatic rings. The number of aromatic nitrogens is 4. The fraction of sp³-hybridized carbons (Fsp3) is 0.300. The van der Waals surface area contributed by atoms with Crippen LogP contribution in [0, 0.1) is 10.1 Å². The summed E-state index contributed by atoms with van der Waals surface area (Å²) in [6.07, 6.45) is 0. The van der Waals surface area contributed by atoms with Gasteiger partial charge in [0.2, 0.25) is 5.82 Å². The highest BCUT2D eigenvalue weighted by atomic mass is 35.5. The van der Waals surface area contributed by atoms with Gasteiger partial charge < -0.3 is 9.47 Å². The number of rotatable bonds is 5. The first kappa shape index (κ1) is 14.0. The highest BCUT2D eigenvalue weighted by Gasteiger charge is 2.27. The van der Waals surface area contributed by atoms with Gasteiger partial charge in [-0.25, -0.2) is 0 Å². The van der Waals surface area contributed by atoms with Crippen LogP contribution in [0.4, 0.5) is 0 Å². The fourth-order valence-electron chi connectivity index (χ4n) is 1.58. The first-order chi connectivity index (χ1) is 9.58. The van der Waals surface area contributed by atoms with E-state index in [0.29, 0.717) is 17.2 Å². The van der Waals surface area contributed by atoms with Gasteiger partial charge in [0, 0.05) is 11.0 Å². The number of halogens is 1. The van der Waals surface area contributed by atoms with E-state index in [1.165, 1.54) is 18.9 Å². The van der Waals surface area contributed by atoms with Crippen LogP contribution in [-0.2, 0) is 0 Å². The molecular weight excluding hydrogens is 290 g/mol. The number of benzene rings is 1. The zero-order valence-corrected chi connectivity index (χ0v) is 11.3. The molecule has 0 spiro atoms. The number of tetrazole rings is 1. The van der Waals surface area contributed by atoms with E-state index in [0.717, 1.165) is 0 Å². The van der Waals surface area contributed by atoms with Gasteiger partial charge in [-0.3, -0.25) is 10.1 Å². The van der Waals surface area contributed by atoms with Crippen LogP contribution < -0.4 is 9.47 Å². The van der Waals surface area contributed by atoms with Crippen LogP contribution >= 0.6 is 11.6 Å². The average molecular weight is 300 g/mol. The molecule has 1 unspecified atom stereocenters. The van der Waals surface area contributed by atoms with E-state index in [1.807, 2.05) is 0 Å². The summed E-state index contributed by atoms with van der Waals surface area (Å²) in [5.74, 6) is 0.866. The lowest BCUT2D eigenvalue weighted by atomic mass is 10.2. The van der Waals surface area contributed by atoms with Crippen molar-refractivity contribution in [1.29, 1.82) is 0 Å². The van der Waals surface area contributed by atoms with Gasteiger partial charge in [0.25, 0.3) is 0 Å². The van der Waals surface area contributed by atoms with E-state index in [2.05, 4.69) is 15.5 Å². The molecule has 20 heavy (non-hydrogen) atoms. The predicted octanol–water partition coefficient (Wildman–Crippen LogP) is 1.19. The van der Waals surface area contributed by atoms with Crippen LogP contribution in [0.1, 0.15) is 11.3 Å². The molecule has 0 saturated carbocycles. The van der Waals surface area contributed by atoms with Crippen LogP contribution in [0.25, 0.3) is 5.69 Å². The summed E-state index contributed by atoms with van der Waals surface area (Å²) < 4.78 is 11.4. The molecule has 0 fully saturated rings. The van der Waals surface area contributed by atoms with Crippen molar-refractivity contribution < 1.29 is 14.4 Å². The standard InChI is InChI=1S/C10H10ClN5O4/c1-19-7-4-3-6(5-8(7)20-2)15-10(12-13-14-15)9(11)16(17)18/h3-5,9H,1-2H3. The maximum atomic E-state index is 10.7. The molecule has 0 aliphatic carbocycles. The van der Waals surface area contributed by atoms with Crippen molar-refractivity contribution >= 4 is 11.6 Å². The normalized spacial score (nSPS) is 11.9.